The van der Waals surface area contributed by atoms with Crippen molar-refractivity contribution in [2.45, 2.75) is 77.8 Å². The van der Waals surface area contributed by atoms with Crippen molar-refractivity contribution in [2.24, 2.45) is 0 Å². The van der Waals surface area contributed by atoms with Gasteiger partial charge in [0.1, 0.15) is 0 Å². The molecule has 1 saturated heterocycles. The summed E-state index contributed by atoms with van der Waals surface area (Å²) < 4.78 is 16.7. The molecule has 110 valence electrons. The Kier molecular flexibility index (Phi) is 5.87. The number of unbranched alkanes of at least 4 members (excludes halogenated alkanes) is 2. The van der Waals surface area contributed by atoms with Crippen molar-refractivity contribution in [1.82, 2.24) is 0 Å². The highest BCUT2D eigenvalue weighted by atomic mass is 16.7. The van der Waals surface area contributed by atoms with Gasteiger partial charge in [-0.15, -0.1) is 0 Å². The monoisotopic (exact) mass is 270 g/mol. The summed E-state index contributed by atoms with van der Waals surface area (Å²) in [5, 5.41) is 0. The first-order valence-electron chi connectivity index (χ1n) is 7.30. The molecule has 19 heavy (non-hydrogen) atoms. The molecule has 1 fully saturated rings. The highest BCUT2D eigenvalue weighted by Crippen LogP contribution is 2.38. The summed E-state index contributed by atoms with van der Waals surface area (Å²) in [4.78, 5) is 11.2. The van der Waals surface area contributed by atoms with E-state index in [9.17, 15) is 4.79 Å². The topological polar surface area (TPSA) is 44.8 Å². The van der Waals surface area contributed by atoms with Crippen LogP contribution in [-0.4, -0.2) is 30.9 Å². The molecule has 0 aromatic heterocycles. The van der Waals surface area contributed by atoms with Crippen molar-refractivity contribution < 1.29 is 18.8 Å². The molecule has 1 heterocycles. The molecule has 0 spiro atoms. The van der Waals surface area contributed by atoms with E-state index in [4.69, 9.17) is 14.0 Å². The summed E-state index contributed by atoms with van der Waals surface area (Å²) in [6, 6.07) is 0. The minimum absolute atomic E-state index is 0.0990. The molecule has 4 nitrogen and oxygen atoms in total. The number of esters is 1. The maximum Gasteiger partial charge on any atom is 0.457 e. The third kappa shape index (κ3) is 4.81. The zero-order chi connectivity index (χ0) is 14.5. The predicted octanol–water partition coefficient (Wildman–Crippen LogP) is 3.20. The standard InChI is InChI=1S/C14H27BO4/c1-6-17-12(16)10-8-7-9-11-15-18-13(2,3)14(4,5)19-15/h6-11H2,1-5H3. The maximum absolute atomic E-state index is 11.2. The van der Waals surface area contributed by atoms with Gasteiger partial charge in [0.05, 0.1) is 17.8 Å². The summed E-state index contributed by atoms with van der Waals surface area (Å²) in [6.07, 6.45) is 4.28. The van der Waals surface area contributed by atoms with Crippen molar-refractivity contribution in [3.8, 4) is 0 Å². The van der Waals surface area contributed by atoms with Crippen LogP contribution in [0.4, 0.5) is 0 Å². The summed E-state index contributed by atoms with van der Waals surface area (Å²) >= 11 is 0. The largest absolute Gasteiger partial charge is 0.466 e. The Labute approximate surface area is 117 Å². The summed E-state index contributed by atoms with van der Waals surface area (Å²) in [5.41, 5.74) is -0.495. The van der Waals surface area contributed by atoms with E-state index in [0.29, 0.717) is 13.0 Å². The van der Waals surface area contributed by atoms with Crippen molar-refractivity contribution in [3.05, 3.63) is 0 Å². The summed E-state index contributed by atoms with van der Waals surface area (Å²) in [5.74, 6) is -0.0990. The lowest BCUT2D eigenvalue weighted by Gasteiger charge is -2.32. The first-order valence-corrected chi connectivity index (χ1v) is 7.30. The van der Waals surface area contributed by atoms with E-state index >= 15 is 0 Å². The van der Waals surface area contributed by atoms with Gasteiger partial charge in [-0.1, -0.05) is 12.8 Å². The minimum atomic E-state index is -0.247. The fourth-order valence-electron chi connectivity index (χ4n) is 2.07. The van der Waals surface area contributed by atoms with Gasteiger partial charge in [-0.2, -0.15) is 0 Å². The van der Waals surface area contributed by atoms with Crippen LogP contribution < -0.4 is 0 Å². The van der Waals surface area contributed by atoms with Gasteiger partial charge in [-0.3, -0.25) is 4.79 Å². The number of ether oxygens (including phenoxy) is 1. The molecule has 5 heteroatoms. The maximum atomic E-state index is 11.2. The predicted molar refractivity (Wildman–Crippen MR) is 76.0 cm³/mol. The van der Waals surface area contributed by atoms with Crippen LogP contribution in [0.1, 0.15) is 60.3 Å². The van der Waals surface area contributed by atoms with Crippen LogP contribution in [0.2, 0.25) is 6.32 Å². The van der Waals surface area contributed by atoms with E-state index in [0.717, 1.165) is 25.6 Å². The second-order valence-electron chi connectivity index (χ2n) is 6.09. The zero-order valence-corrected chi connectivity index (χ0v) is 13.0. The van der Waals surface area contributed by atoms with Gasteiger partial charge < -0.3 is 14.0 Å². The van der Waals surface area contributed by atoms with E-state index in [1.165, 1.54) is 0 Å². The molecule has 0 aromatic carbocycles. The van der Waals surface area contributed by atoms with E-state index in [-0.39, 0.29) is 24.3 Å². The molecule has 1 rings (SSSR count). The third-order valence-electron chi connectivity index (χ3n) is 3.93. The Balaban J connectivity index is 2.13. The van der Waals surface area contributed by atoms with Crippen molar-refractivity contribution in [2.75, 3.05) is 6.61 Å². The summed E-state index contributed by atoms with van der Waals surface area (Å²) in [7, 11) is -0.118. The molecule has 0 radical (unpaired) electrons. The fraction of sp³-hybridized carbons (Fsp3) is 0.929. The summed E-state index contributed by atoms with van der Waals surface area (Å²) in [6.45, 7) is 10.5. The van der Waals surface area contributed by atoms with Gasteiger partial charge in [0.2, 0.25) is 0 Å². The van der Waals surface area contributed by atoms with Gasteiger partial charge in [0, 0.05) is 6.42 Å². The molecule has 0 saturated carbocycles. The van der Waals surface area contributed by atoms with Crippen molar-refractivity contribution >= 4 is 13.1 Å². The Morgan fingerprint density at radius 3 is 2.16 bits per heavy atom. The van der Waals surface area contributed by atoms with E-state index in [1.807, 2.05) is 6.92 Å². The molecule has 0 atom stereocenters. The molecule has 1 aliphatic rings. The Hall–Kier alpha value is -0.545. The van der Waals surface area contributed by atoms with Crippen LogP contribution >= 0.6 is 0 Å². The van der Waals surface area contributed by atoms with Crippen molar-refractivity contribution in [1.29, 1.82) is 0 Å². The molecular formula is C14H27BO4. The van der Waals surface area contributed by atoms with Crippen LogP contribution in [0, 0.1) is 0 Å². The average Bonchev–Trinajstić information content (AvgIpc) is 2.47. The van der Waals surface area contributed by atoms with Crippen LogP contribution in [0.3, 0.4) is 0 Å². The zero-order valence-electron chi connectivity index (χ0n) is 13.0. The second kappa shape index (κ2) is 6.75. The number of carbonyl (C=O) groups is 1. The molecule has 0 amide bonds. The first kappa shape index (κ1) is 16.5. The highest BCUT2D eigenvalue weighted by molar-refractivity contribution is 6.45. The smallest absolute Gasteiger partial charge is 0.457 e. The Morgan fingerprint density at radius 1 is 1.05 bits per heavy atom. The van der Waals surface area contributed by atoms with Gasteiger partial charge in [-0.05, 0) is 47.4 Å². The van der Waals surface area contributed by atoms with Crippen LogP contribution in [0.25, 0.3) is 0 Å². The van der Waals surface area contributed by atoms with Gasteiger partial charge in [0.15, 0.2) is 0 Å². The average molecular weight is 270 g/mol. The van der Waals surface area contributed by atoms with E-state index in [1.54, 1.807) is 0 Å². The third-order valence-corrected chi connectivity index (χ3v) is 3.93. The minimum Gasteiger partial charge on any atom is -0.466 e. The quantitative estimate of drug-likeness (QED) is 0.405. The van der Waals surface area contributed by atoms with Crippen LogP contribution in [0.5, 0.6) is 0 Å². The van der Waals surface area contributed by atoms with Gasteiger partial charge >= 0.3 is 13.1 Å². The Bertz CT molecular complexity index is 286. The number of carbonyl (C=O) groups excluding carboxylic acids is 1. The van der Waals surface area contributed by atoms with E-state index in [2.05, 4.69) is 27.7 Å². The molecule has 0 bridgehead atoms. The molecule has 0 aliphatic carbocycles. The molecular weight excluding hydrogens is 243 g/mol. The van der Waals surface area contributed by atoms with Crippen molar-refractivity contribution in [3.63, 3.8) is 0 Å². The number of hydrogen-bond donors (Lipinski definition) is 0. The lowest BCUT2D eigenvalue weighted by atomic mass is 9.82. The van der Waals surface area contributed by atoms with E-state index < -0.39 is 0 Å². The fourth-order valence-corrected chi connectivity index (χ4v) is 2.07. The number of hydrogen-bond acceptors (Lipinski definition) is 4. The second-order valence-corrected chi connectivity index (χ2v) is 6.09. The van der Waals surface area contributed by atoms with Gasteiger partial charge in [-0.25, -0.2) is 0 Å². The Morgan fingerprint density at radius 2 is 1.63 bits per heavy atom. The molecule has 0 unspecified atom stereocenters. The lowest BCUT2D eigenvalue weighted by Crippen LogP contribution is -2.41. The lowest BCUT2D eigenvalue weighted by molar-refractivity contribution is -0.143. The molecule has 0 N–H and O–H groups in total. The first-order chi connectivity index (χ1) is 8.78. The highest BCUT2D eigenvalue weighted by Gasteiger charge is 2.50. The normalized spacial score (nSPS) is 20.6. The van der Waals surface area contributed by atoms with Crippen LogP contribution in [-0.2, 0) is 18.8 Å². The SMILES string of the molecule is CCOC(=O)CCCCCB1OC(C)(C)C(C)(C)O1. The molecule has 1 aliphatic heterocycles. The van der Waals surface area contributed by atoms with Crippen LogP contribution in [0.15, 0.2) is 0 Å². The number of rotatable bonds is 7. The molecule has 0 aromatic rings. The van der Waals surface area contributed by atoms with Gasteiger partial charge in [0.25, 0.3) is 0 Å².